The Kier molecular flexibility index (Phi) is 9.56. The maximum absolute atomic E-state index is 13.6. The highest BCUT2D eigenvalue weighted by Gasteiger charge is 2.23. The number of aryl methyl sites for hydroxylation is 1. The van der Waals surface area contributed by atoms with Crippen molar-refractivity contribution in [3.8, 4) is 5.75 Å². The zero-order valence-electron chi connectivity index (χ0n) is 19.8. The average Bonchev–Trinajstić information content (AvgIpc) is 3.24. The first kappa shape index (κ1) is 26.7. The van der Waals surface area contributed by atoms with Crippen LogP contribution in [-0.2, 0) is 4.74 Å². The third-order valence-corrected chi connectivity index (χ3v) is 7.10. The molecule has 1 fully saturated rings. The lowest BCUT2D eigenvalue weighted by atomic mass is 10.2. The van der Waals surface area contributed by atoms with Crippen molar-refractivity contribution in [1.82, 2.24) is 9.88 Å². The SMILES string of the molecule is Cc1c(Cl)ccc2sc(N(CCCN3CCOCC3)C(=O)c3ccc(OC(C)C)cc3)nc12.Cl. The molecule has 0 bridgehead atoms. The van der Waals surface area contributed by atoms with Crippen molar-refractivity contribution in [2.45, 2.75) is 33.3 Å². The Hall–Kier alpha value is -1.90. The van der Waals surface area contributed by atoms with Gasteiger partial charge in [-0.3, -0.25) is 14.6 Å². The highest BCUT2D eigenvalue weighted by Crippen LogP contribution is 2.34. The summed E-state index contributed by atoms with van der Waals surface area (Å²) in [7, 11) is 0. The van der Waals surface area contributed by atoms with Crippen LogP contribution in [0.1, 0.15) is 36.2 Å². The summed E-state index contributed by atoms with van der Waals surface area (Å²) in [5.41, 5.74) is 2.41. The molecular formula is C25H31Cl2N3O3S. The first-order valence-corrected chi connectivity index (χ1v) is 12.6. The molecule has 0 unspecified atom stereocenters. The molecule has 2 aromatic carbocycles. The fourth-order valence-corrected chi connectivity index (χ4v) is 5.07. The number of amides is 1. The topological polar surface area (TPSA) is 54.9 Å². The van der Waals surface area contributed by atoms with Crippen molar-refractivity contribution >= 4 is 56.6 Å². The lowest BCUT2D eigenvalue weighted by molar-refractivity contribution is 0.0376. The van der Waals surface area contributed by atoms with Crippen LogP contribution < -0.4 is 9.64 Å². The minimum Gasteiger partial charge on any atom is -0.491 e. The summed E-state index contributed by atoms with van der Waals surface area (Å²) >= 11 is 7.84. The molecule has 1 aromatic heterocycles. The van der Waals surface area contributed by atoms with E-state index in [-0.39, 0.29) is 24.4 Å². The lowest BCUT2D eigenvalue weighted by Gasteiger charge is -2.27. The van der Waals surface area contributed by atoms with E-state index in [9.17, 15) is 4.79 Å². The molecule has 9 heteroatoms. The predicted octanol–water partition coefficient (Wildman–Crippen LogP) is 5.84. The van der Waals surface area contributed by atoms with Crippen LogP contribution in [0.25, 0.3) is 10.2 Å². The first-order chi connectivity index (χ1) is 15.9. The number of aromatic nitrogens is 1. The van der Waals surface area contributed by atoms with Gasteiger partial charge in [0.25, 0.3) is 5.91 Å². The Morgan fingerprint density at radius 3 is 2.59 bits per heavy atom. The zero-order chi connectivity index (χ0) is 23.4. The Labute approximate surface area is 216 Å². The Morgan fingerprint density at radius 1 is 1.21 bits per heavy atom. The summed E-state index contributed by atoms with van der Waals surface area (Å²) in [5.74, 6) is 0.696. The smallest absolute Gasteiger partial charge is 0.260 e. The quantitative estimate of drug-likeness (QED) is 0.371. The van der Waals surface area contributed by atoms with E-state index in [4.69, 9.17) is 26.1 Å². The Bertz CT molecular complexity index is 1100. The maximum atomic E-state index is 13.6. The van der Waals surface area contributed by atoms with Gasteiger partial charge in [-0.1, -0.05) is 22.9 Å². The fraction of sp³-hybridized carbons (Fsp3) is 0.440. The summed E-state index contributed by atoms with van der Waals surface area (Å²) in [5, 5.41) is 1.38. The molecule has 184 valence electrons. The molecule has 3 aromatic rings. The molecule has 0 spiro atoms. The van der Waals surface area contributed by atoms with Crippen molar-refractivity contribution in [1.29, 1.82) is 0 Å². The second-order valence-corrected chi connectivity index (χ2v) is 9.89. The molecule has 0 radical (unpaired) electrons. The number of thiazole rings is 1. The summed E-state index contributed by atoms with van der Waals surface area (Å²) < 4.78 is 12.2. The predicted molar refractivity (Wildman–Crippen MR) is 142 cm³/mol. The third-order valence-electron chi connectivity index (χ3n) is 5.65. The number of carbonyl (C=O) groups is 1. The van der Waals surface area contributed by atoms with Crippen molar-refractivity contribution in [2.75, 3.05) is 44.3 Å². The number of nitrogens with zero attached hydrogens (tertiary/aromatic N) is 3. The summed E-state index contributed by atoms with van der Waals surface area (Å²) in [4.78, 5) is 22.6. The summed E-state index contributed by atoms with van der Waals surface area (Å²) in [6.45, 7) is 10.8. The molecule has 1 amide bonds. The minimum atomic E-state index is -0.0594. The Morgan fingerprint density at radius 2 is 1.91 bits per heavy atom. The summed E-state index contributed by atoms with van der Waals surface area (Å²) in [6.07, 6.45) is 0.941. The van der Waals surface area contributed by atoms with E-state index in [2.05, 4.69) is 4.90 Å². The highest BCUT2D eigenvalue weighted by molar-refractivity contribution is 7.22. The number of carbonyl (C=O) groups excluding carboxylic acids is 1. The van der Waals surface area contributed by atoms with E-state index in [1.54, 1.807) is 4.90 Å². The van der Waals surface area contributed by atoms with E-state index < -0.39 is 0 Å². The molecule has 1 saturated heterocycles. The monoisotopic (exact) mass is 523 g/mol. The fourth-order valence-electron chi connectivity index (χ4n) is 3.87. The van der Waals surface area contributed by atoms with Crippen LogP contribution in [0.3, 0.4) is 0 Å². The first-order valence-electron chi connectivity index (χ1n) is 11.4. The van der Waals surface area contributed by atoms with Crippen LogP contribution in [0.4, 0.5) is 5.13 Å². The van der Waals surface area contributed by atoms with Gasteiger partial charge in [0, 0.05) is 36.8 Å². The second-order valence-electron chi connectivity index (χ2n) is 8.47. The molecule has 1 aliphatic heterocycles. The number of rotatable bonds is 8. The number of morpholine rings is 1. The van der Waals surface area contributed by atoms with Crippen molar-refractivity contribution in [2.24, 2.45) is 0 Å². The van der Waals surface area contributed by atoms with Crippen LogP contribution in [-0.4, -0.2) is 61.3 Å². The van der Waals surface area contributed by atoms with E-state index in [0.29, 0.717) is 22.3 Å². The van der Waals surface area contributed by atoms with Crippen molar-refractivity contribution < 1.29 is 14.3 Å². The molecule has 1 aliphatic rings. The lowest BCUT2D eigenvalue weighted by Crippen LogP contribution is -2.39. The number of fused-ring (bicyclic) bond motifs is 1. The van der Waals surface area contributed by atoms with Gasteiger partial charge in [0.2, 0.25) is 0 Å². The van der Waals surface area contributed by atoms with Gasteiger partial charge in [0.15, 0.2) is 5.13 Å². The van der Waals surface area contributed by atoms with Gasteiger partial charge in [-0.25, -0.2) is 4.98 Å². The highest BCUT2D eigenvalue weighted by atomic mass is 35.5. The molecule has 0 atom stereocenters. The van der Waals surface area contributed by atoms with E-state index >= 15 is 0 Å². The van der Waals surface area contributed by atoms with Crippen LogP contribution in [0.5, 0.6) is 5.75 Å². The van der Waals surface area contributed by atoms with Gasteiger partial charge in [-0.15, -0.1) is 12.4 Å². The Balaban J connectivity index is 0.00000324. The molecule has 0 aliphatic carbocycles. The second kappa shape index (κ2) is 12.2. The van der Waals surface area contributed by atoms with Crippen LogP contribution >= 0.6 is 35.3 Å². The number of hydrogen-bond donors (Lipinski definition) is 0. The standard InChI is InChI=1S/C25H30ClN3O3S.ClH/c1-17(2)32-20-7-5-19(6-8-20)24(30)29(12-4-11-28-13-15-31-16-14-28)25-27-23-18(3)21(26)9-10-22(23)33-25;/h5-10,17H,4,11-16H2,1-3H3;1H. The summed E-state index contributed by atoms with van der Waals surface area (Å²) in [6, 6.07) is 11.2. The average molecular weight is 525 g/mol. The molecule has 2 heterocycles. The number of benzene rings is 2. The van der Waals surface area contributed by atoms with Crippen LogP contribution in [0, 0.1) is 6.92 Å². The molecule has 0 saturated carbocycles. The van der Waals surface area contributed by atoms with E-state index in [1.807, 2.05) is 57.2 Å². The molecule has 34 heavy (non-hydrogen) atoms. The number of anilines is 1. The third kappa shape index (κ3) is 6.40. The number of ether oxygens (including phenoxy) is 2. The minimum absolute atomic E-state index is 0. The van der Waals surface area contributed by atoms with Crippen LogP contribution in [0.2, 0.25) is 5.02 Å². The van der Waals surface area contributed by atoms with Gasteiger partial charge < -0.3 is 9.47 Å². The van der Waals surface area contributed by atoms with Crippen molar-refractivity contribution in [3.05, 3.63) is 52.5 Å². The van der Waals surface area contributed by atoms with Crippen LogP contribution in [0.15, 0.2) is 36.4 Å². The molecule has 0 N–H and O–H groups in total. The zero-order valence-corrected chi connectivity index (χ0v) is 22.1. The van der Waals surface area contributed by atoms with Gasteiger partial charge in [-0.05, 0) is 69.2 Å². The largest absolute Gasteiger partial charge is 0.491 e. The number of halogens is 2. The molecular weight excluding hydrogens is 493 g/mol. The molecule has 6 nitrogen and oxygen atoms in total. The van der Waals surface area contributed by atoms with E-state index in [1.165, 1.54) is 11.3 Å². The van der Waals surface area contributed by atoms with E-state index in [0.717, 1.165) is 60.8 Å². The number of hydrogen-bond acceptors (Lipinski definition) is 6. The normalized spacial score (nSPS) is 14.3. The van der Waals surface area contributed by atoms with Crippen molar-refractivity contribution in [3.63, 3.8) is 0 Å². The molecule has 4 rings (SSSR count). The van der Waals surface area contributed by atoms with Gasteiger partial charge in [-0.2, -0.15) is 0 Å². The van der Waals surface area contributed by atoms with Gasteiger partial charge >= 0.3 is 0 Å². The van der Waals surface area contributed by atoms with Gasteiger partial charge in [0.05, 0.1) is 29.5 Å². The van der Waals surface area contributed by atoms with Gasteiger partial charge in [0.1, 0.15) is 5.75 Å². The maximum Gasteiger partial charge on any atom is 0.260 e.